The van der Waals surface area contributed by atoms with Crippen molar-refractivity contribution < 1.29 is 4.79 Å². The van der Waals surface area contributed by atoms with Crippen LogP contribution >= 0.6 is 15.9 Å². The van der Waals surface area contributed by atoms with Crippen LogP contribution in [0.5, 0.6) is 0 Å². The Balaban J connectivity index is 1.89. The fraction of sp³-hybridized carbons (Fsp3) is 0.250. The van der Waals surface area contributed by atoms with Crippen LogP contribution in [0.3, 0.4) is 0 Å². The van der Waals surface area contributed by atoms with E-state index in [2.05, 4.69) is 26.3 Å². The van der Waals surface area contributed by atoms with Crippen molar-refractivity contribution in [1.82, 2.24) is 19.4 Å². The van der Waals surface area contributed by atoms with Gasteiger partial charge in [-0.25, -0.2) is 9.20 Å². The lowest BCUT2D eigenvalue weighted by atomic mass is 10.0. The van der Waals surface area contributed by atoms with Gasteiger partial charge in [0, 0.05) is 35.3 Å². The van der Waals surface area contributed by atoms with E-state index in [9.17, 15) is 9.59 Å². The molecule has 4 rings (SSSR count). The number of hydrogen-bond acceptors (Lipinski definition) is 4. The molecule has 0 saturated heterocycles. The standard InChI is InChI=1S/C24H24BrN5O2/c1-16(2)30-22(32)11-10-19(27-30)23-20-15-18(26-21(31)9-6-13-25)12-14-29(20)28-24(23)17-7-4-3-5-8-17/h3-5,7-8,10-12,14-16H,6,9,13H2,1-2H3,(H,26,31). The first-order valence-electron chi connectivity index (χ1n) is 10.5. The van der Waals surface area contributed by atoms with E-state index in [1.54, 1.807) is 10.6 Å². The number of hydrogen-bond donors (Lipinski definition) is 1. The van der Waals surface area contributed by atoms with E-state index in [0.29, 0.717) is 17.8 Å². The number of benzene rings is 1. The van der Waals surface area contributed by atoms with Gasteiger partial charge in [0.15, 0.2) is 0 Å². The van der Waals surface area contributed by atoms with E-state index >= 15 is 0 Å². The molecular weight excluding hydrogens is 470 g/mol. The molecule has 0 aliphatic heterocycles. The van der Waals surface area contributed by atoms with Crippen LogP contribution in [-0.4, -0.2) is 30.6 Å². The van der Waals surface area contributed by atoms with Crippen LogP contribution in [0.15, 0.2) is 65.6 Å². The van der Waals surface area contributed by atoms with Gasteiger partial charge in [-0.15, -0.1) is 0 Å². The molecule has 0 atom stereocenters. The van der Waals surface area contributed by atoms with Crippen LogP contribution in [0.1, 0.15) is 32.7 Å². The third-order valence-electron chi connectivity index (χ3n) is 5.07. The molecule has 164 valence electrons. The number of anilines is 1. The summed E-state index contributed by atoms with van der Waals surface area (Å²) in [5, 5.41) is 13.2. The molecule has 1 aromatic carbocycles. The Bertz CT molecular complexity index is 1310. The SMILES string of the molecule is CC(C)n1nc(-c2c(-c3ccccc3)nn3ccc(NC(=O)CCCBr)cc23)ccc1=O. The topological polar surface area (TPSA) is 81.3 Å². The smallest absolute Gasteiger partial charge is 0.267 e. The molecule has 1 amide bonds. The zero-order chi connectivity index (χ0) is 22.7. The molecule has 0 unspecified atom stereocenters. The highest BCUT2D eigenvalue weighted by Crippen LogP contribution is 2.34. The number of carbonyl (C=O) groups excluding carboxylic acids is 1. The number of nitrogens with one attached hydrogen (secondary N) is 1. The van der Waals surface area contributed by atoms with Crippen LogP contribution in [0.2, 0.25) is 0 Å². The number of amides is 1. The van der Waals surface area contributed by atoms with E-state index in [1.165, 1.54) is 10.7 Å². The highest BCUT2D eigenvalue weighted by Gasteiger charge is 2.19. The molecule has 3 heterocycles. The molecule has 1 N–H and O–H groups in total. The van der Waals surface area contributed by atoms with Crippen molar-refractivity contribution >= 4 is 33.0 Å². The molecule has 0 aliphatic carbocycles. The molecule has 0 saturated carbocycles. The van der Waals surface area contributed by atoms with E-state index in [1.807, 2.05) is 62.5 Å². The Kier molecular flexibility index (Phi) is 6.50. The highest BCUT2D eigenvalue weighted by molar-refractivity contribution is 9.09. The first-order valence-corrected chi connectivity index (χ1v) is 11.6. The minimum atomic E-state index is -0.152. The summed E-state index contributed by atoms with van der Waals surface area (Å²) in [6.45, 7) is 3.85. The monoisotopic (exact) mass is 493 g/mol. The summed E-state index contributed by atoms with van der Waals surface area (Å²) in [6.07, 6.45) is 3.04. The number of rotatable bonds is 7. The van der Waals surface area contributed by atoms with Crippen molar-refractivity contribution in [3.8, 4) is 22.5 Å². The van der Waals surface area contributed by atoms with Crippen LogP contribution in [0.25, 0.3) is 28.0 Å². The van der Waals surface area contributed by atoms with Gasteiger partial charge in [-0.2, -0.15) is 10.2 Å². The Morgan fingerprint density at radius 2 is 1.88 bits per heavy atom. The number of aromatic nitrogens is 4. The Morgan fingerprint density at radius 3 is 2.59 bits per heavy atom. The Morgan fingerprint density at radius 1 is 1.09 bits per heavy atom. The molecule has 8 heteroatoms. The zero-order valence-electron chi connectivity index (χ0n) is 18.0. The zero-order valence-corrected chi connectivity index (χ0v) is 19.5. The Labute approximate surface area is 194 Å². The lowest BCUT2D eigenvalue weighted by Gasteiger charge is -2.11. The molecule has 7 nitrogen and oxygen atoms in total. The molecule has 0 radical (unpaired) electrons. The highest BCUT2D eigenvalue weighted by atomic mass is 79.9. The normalized spacial score (nSPS) is 11.2. The largest absolute Gasteiger partial charge is 0.326 e. The second-order valence-electron chi connectivity index (χ2n) is 7.77. The van der Waals surface area contributed by atoms with Crippen molar-refractivity contribution in [2.24, 2.45) is 0 Å². The van der Waals surface area contributed by atoms with E-state index < -0.39 is 0 Å². The minimum Gasteiger partial charge on any atom is -0.326 e. The molecular formula is C24H24BrN5O2. The van der Waals surface area contributed by atoms with Crippen molar-refractivity contribution in [2.45, 2.75) is 32.7 Å². The van der Waals surface area contributed by atoms with Crippen molar-refractivity contribution in [1.29, 1.82) is 0 Å². The minimum absolute atomic E-state index is 0.0374. The van der Waals surface area contributed by atoms with Gasteiger partial charge in [0.25, 0.3) is 5.56 Å². The lowest BCUT2D eigenvalue weighted by Crippen LogP contribution is -2.23. The third-order valence-corrected chi connectivity index (χ3v) is 5.63. The predicted octanol–water partition coefficient (Wildman–Crippen LogP) is 4.92. The number of nitrogens with zero attached hydrogens (tertiary/aromatic N) is 4. The summed E-state index contributed by atoms with van der Waals surface area (Å²) in [7, 11) is 0. The average Bonchev–Trinajstić information content (AvgIpc) is 3.17. The van der Waals surface area contributed by atoms with Crippen molar-refractivity contribution in [3.05, 3.63) is 71.1 Å². The fourth-order valence-electron chi connectivity index (χ4n) is 3.55. The second-order valence-corrected chi connectivity index (χ2v) is 8.56. The summed E-state index contributed by atoms with van der Waals surface area (Å²) in [4.78, 5) is 24.5. The number of pyridine rings is 1. The maximum Gasteiger partial charge on any atom is 0.267 e. The molecule has 4 aromatic rings. The van der Waals surface area contributed by atoms with Crippen molar-refractivity contribution in [2.75, 3.05) is 10.6 Å². The van der Waals surface area contributed by atoms with Gasteiger partial charge in [-0.05, 0) is 38.5 Å². The average molecular weight is 494 g/mol. The quantitative estimate of drug-likeness (QED) is 0.370. The van der Waals surface area contributed by atoms with Crippen LogP contribution < -0.4 is 10.9 Å². The lowest BCUT2D eigenvalue weighted by molar-refractivity contribution is -0.116. The number of carbonyl (C=O) groups is 1. The van der Waals surface area contributed by atoms with Gasteiger partial charge in [-0.3, -0.25) is 9.59 Å². The maximum absolute atomic E-state index is 12.3. The molecule has 0 spiro atoms. The molecule has 0 fully saturated rings. The number of alkyl halides is 1. The molecule has 32 heavy (non-hydrogen) atoms. The third kappa shape index (κ3) is 4.50. The van der Waals surface area contributed by atoms with Gasteiger partial charge in [0.2, 0.25) is 5.91 Å². The van der Waals surface area contributed by atoms with E-state index in [4.69, 9.17) is 5.10 Å². The first kappa shape index (κ1) is 22.0. The molecule has 0 bridgehead atoms. The number of halogens is 1. The Hall–Kier alpha value is -3.26. The predicted molar refractivity (Wildman–Crippen MR) is 130 cm³/mol. The van der Waals surface area contributed by atoms with Gasteiger partial charge in [-0.1, -0.05) is 46.3 Å². The van der Waals surface area contributed by atoms with Crippen molar-refractivity contribution in [3.63, 3.8) is 0 Å². The first-order chi connectivity index (χ1) is 15.5. The summed E-state index contributed by atoms with van der Waals surface area (Å²) in [6, 6.07) is 16.8. The second kappa shape index (κ2) is 9.48. The van der Waals surface area contributed by atoms with Gasteiger partial charge < -0.3 is 5.32 Å². The van der Waals surface area contributed by atoms with Gasteiger partial charge >= 0.3 is 0 Å². The van der Waals surface area contributed by atoms with E-state index in [0.717, 1.165) is 34.1 Å². The fourth-order valence-corrected chi connectivity index (χ4v) is 3.83. The summed E-state index contributed by atoms with van der Waals surface area (Å²) >= 11 is 3.35. The van der Waals surface area contributed by atoms with Gasteiger partial charge in [0.05, 0.1) is 22.8 Å². The van der Waals surface area contributed by atoms with E-state index in [-0.39, 0.29) is 17.5 Å². The van der Waals surface area contributed by atoms with Gasteiger partial charge in [0.1, 0.15) is 5.69 Å². The van der Waals surface area contributed by atoms with Crippen LogP contribution in [0.4, 0.5) is 5.69 Å². The summed E-state index contributed by atoms with van der Waals surface area (Å²) in [5.41, 5.74) is 4.49. The summed E-state index contributed by atoms with van der Waals surface area (Å²) < 4.78 is 3.25. The maximum atomic E-state index is 12.3. The number of fused-ring (bicyclic) bond motifs is 1. The van der Waals surface area contributed by atoms with Crippen LogP contribution in [0, 0.1) is 0 Å². The van der Waals surface area contributed by atoms with Crippen LogP contribution in [-0.2, 0) is 4.79 Å². The molecule has 3 aromatic heterocycles. The molecule has 0 aliphatic rings. The summed E-state index contributed by atoms with van der Waals surface area (Å²) in [5.74, 6) is -0.0374.